The van der Waals surface area contributed by atoms with Crippen molar-refractivity contribution in [3.8, 4) is 0 Å². The second kappa shape index (κ2) is 4.39. The van der Waals surface area contributed by atoms with Crippen LogP contribution in [0.15, 0.2) is 30.3 Å². The monoisotopic (exact) mass is 229 g/mol. The number of rotatable bonds is 3. The number of amides is 1. The summed E-state index contributed by atoms with van der Waals surface area (Å²) < 4.78 is 24.5. The number of nitrogens with zero attached hydrogens (tertiary/aromatic N) is 1. The molecule has 0 saturated heterocycles. The number of carbonyl (C=O) groups excluding carboxylic acids is 1. The standard InChI is InChI=1S/C8H11N3O3S/c1-10-15(13,14)11(9)8(12)7-5-3-2-4-6-7/h2-6,10H,9H2,1H3. The van der Waals surface area contributed by atoms with Gasteiger partial charge in [-0.1, -0.05) is 18.2 Å². The Labute approximate surface area is 87.8 Å². The lowest BCUT2D eigenvalue weighted by Crippen LogP contribution is -2.47. The van der Waals surface area contributed by atoms with Gasteiger partial charge in [0.1, 0.15) is 0 Å². The first-order valence-electron chi connectivity index (χ1n) is 4.07. The number of nitrogens with one attached hydrogen (secondary N) is 1. The zero-order valence-electron chi connectivity index (χ0n) is 8.04. The van der Waals surface area contributed by atoms with Crippen LogP contribution in [0, 0.1) is 0 Å². The van der Waals surface area contributed by atoms with Crippen LogP contribution in [0.4, 0.5) is 0 Å². The molecule has 0 unspecified atom stereocenters. The summed E-state index contributed by atoms with van der Waals surface area (Å²) in [6, 6.07) is 7.91. The quantitative estimate of drug-likeness (QED) is 0.414. The minimum Gasteiger partial charge on any atom is -0.266 e. The predicted octanol–water partition coefficient (Wildman–Crippen LogP) is -0.533. The van der Waals surface area contributed by atoms with Crippen LogP contribution in [0.5, 0.6) is 0 Å². The van der Waals surface area contributed by atoms with Gasteiger partial charge in [-0.05, 0) is 12.1 Å². The van der Waals surface area contributed by atoms with Crippen molar-refractivity contribution in [2.24, 2.45) is 5.84 Å². The Kier molecular flexibility index (Phi) is 3.40. The molecule has 0 atom stereocenters. The molecule has 0 aromatic heterocycles. The first-order chi connectivity index (χ1) is 6.99. The molecular weight excluding hydrogens is 218 g/mol. The highest BCUT2D eigenvalue weighted by Crippen LogP contribution is 2.03. The van der Waals surface area contributed by atoms with E-state index in [-0.39, 0.29) is 9.98 Å². The van der Waals surface area contributed by atoms with Crippen molar-refractivity contribution in [3.05, 3.63) is 35.9 Å². The summed E-state index contributed by atoms with van der Waals surface area (Å²) in [5.74, 6) is 4.38. The summed E-state index contributed by atoms with van der Waals surface area (Å²) in [4.78, 5) is 11.5. The van der Waals surface area contributed by atoms with E-state index in [2.05, 4.69) is 0 Å². The Hall–Kier alpha value is -1.44. The molecule has 6 nitrogen and oxygen atoms in total. The third-order valence-electron chi connectivity index (χ3n) is 1.74. The van der Waals surface area contributed by atoms with Gasteiger partial charge in [-0.3, -0.25) is 4.79 Å². The second-order valence-corrected chi connectivity index (χ2v) is 4.43. The molecule has 0 saturated carbocycles. The van der Waals surface area contributed by atoms with Crippen molar-refractivity contribution >= 4 is 16.1 Å². The zero-order valence-corrected chi connectivity index (χ0v) is 8.86. The van der Waals surface area contributed by atoms with Gasteiger partial charge in [0.05, 0.1) is 0 Å². The highest BCUT2D eigenvalue weighted by Gasteiger charge is 2.23. The van der Waals surface area contributed by atoms with E-state index in [4.69, 9.17) is 5.84 Å². The number of carbonyl (C=O) groups is 1. The molecule has 1 rings (SSSR count). The fourth-order valence-corrected chi connectivity index (χ4v) is 1.44. The van der Waals surface area contributed by atoms with Crippen molar-refractivity contribution in [3.63, 3.8) is 0 Å². The summed E-state index contributed by atoms with van der Waals surface area (Å²) in [5, 5.41) is 0. The van der Waals surface area contributed by atoms with E-state index in [0.717, 1.165) is 0 Å². The number of hydrogen-bond donors (Lipinski definition) is 2. The van der Waals surface area contributed by atoms with Crippen molar-refractivity contribution in [1.29, 1.82) is 0 Å². The molecule has 0 fully saturated rings. The van der Waals surface area contributed by atoms with Crippen LogP contribution in [0.1, 0.15) is 10.4 Å². The van der Waals surface area contributed by atoms with Gasteiger partial charge in [-0.2, -0.15) is 17.6 Å². The summed E-state index contributed by atoms with van der Waals surface area (Å²) in [6.07, 6.45) is 0. The van der Waals surface area contributed by atoms with Crippen LogP contribution in [0.3, 0.4) is 0 Å². The molecule has 1 amide bonds. The van der Waals surface area contributed by atoms with Gasteiger partial charge < -0.3 is 0 Å². The van der Waals surface area contributed by atoms with Crippen LogP contribution in [0.25, 0.3) is 0 Å². The summed E-state index contributed by atoms with van der Waals surface area (Å²) in [5.41, 5.74) is 0.207. The maximum absolute atomic E-state index is 11.5. The van der Waals surface area contributed by atoms with E-state index in [1.54, 1.807) is 18.2 Å². The van der Waals surface area contributed by atoms with E-state index >= 15 is 0 Å². The average molecular weight is 229 g/mol. The second-order valence-electron chi connectivity index (χ2n) is 2.68. The number of nitrogens with two attached hydrogens (primary N) is 1. The molecule has 7 heteroatoms. The molecule has 0 radical (unpaired) electrons. The van der Waals surface area contributed by atoms with Gasteiger partial charge in [-0.25, -0.2) is 5.84 Å². The van der Waals surface area contributed by atoms with Crippen molar-refractivity contribution in [2.75, 3.05) is 7.05 Å². The van der Waals surface area contributed by atoms with Crippen molar-refractivity contribution < 1.29 is 13.2 Å². The molecule has 3 N–H and O–H groups in total. The fourth-order valence-electron chi connectivity index (χ4n) is 0.915. The van der Waals surface area contributed by atoms with E-state index in [1.807, 2.05) is 4.72 Å². The zero-order chi connectivity index (χ0) is 11.5. The number of benzene rings is 1. The average Bonchev–Trinajstić information content (AvgIpc) is 2.28. The molecule has 15 heavy (non-hydrogen) atoms. The Morgan fingerprint density at radius 1 is 1.33 bits per heavy atom. The van der Waals surface area contributed by atoms with Crippen LogP contribution < -0.4 is 10.6 Å². The van der Waals surface area contributed by atoms with Gasteiger partial charge in [0.2, 0.25) is 0 Å². The summed E-state index contributed by atoms with van der Waals surface area (Å²) >= 11 is 0. The van der Waals surface area contributed by atoms with Gasteiger partial charge in [0.25, 0.3) is 5.91 Å². The normalized spacial score (nSPS) is 11.1. The summed E-state index contributed by atoms with van der Waals surface area (Å²) in [7, 11) is -2.76. The van der Waals surface area contributed by atoms with Crippen LogP contribution >= 0.6 is 0 Å². The van der Waals surface area contributed by atoms with E-state index in [0.29, 0.717) is 0 Å². The molecule has 0 aliphatic carbocycles. The van der Waals surface area contributed by atoms with Gasteiger partial charge in [0.15, 0.2) is 0 Å². The minimum atomic E-state index is -3.93. The molecule has 0 heterocycles. The molecule has 82 valence electrons. The third kappa shape index (κ3) is 2.52. The first kappa shape index (κ1) is 11.6. The molecule has 0 bridgehead atoms. The lowest BCUT2D eigenvalue weighted by molar-refractivity contribution is 0.0860. The lowest BCUT2D eigenvalue weighted by atomic mass is 10.2. The van der Waals surface area contributed by atoms with Crippen LogP contribution in [-0.2, 0) is 10.2 Å². The Balaban J connectivity index is 2.97. The minimum absolute atomic E-state index is 0.169. The van der Waals surface area contributed by atoms with E-state index in [9.17, 15) is 13.2 Å². The molecular formula is C8H11N3O3S. The molecule has 1 aromatic carbocycles. The molecule has 1 aromatic rings. The highest BCUT2D eigenvalue weighted by atomic mass is 32.2. The van der Waals surface area contributed by atoms with Gasteiger partial charge >= 0.3 is 10.2 Å². The fraction of sp³-hybridized carbons (Fsp3) is 0.125. The Bertz CT molecular complexity index is 443. The Morgan fingerprint density at radius 2 is 1.87 bits per heavy atom. The van der Waals surface area contributed by atoms with Crippen LogP contribution in [0.2, 0.25) is 0 Å². The summed E-state index contributed by atoms with van der Waals surface area (Å²) in [6.45, 7) is 0. The molecule has 0 aliphatic heterocycles. The topological polar surface area (TPSA) is 92.5 Å². The smallest absolute Gasteiger partial charge is 0.266 e. The van der Waals surface area contributed by atoms with Gasteiger partial charge in [-0.15, -0.1) is 0 Å². The molecule has 0 spiro atoms. The maximum atomic E-state index is 11.5. The largest absolute Gasteiger partial charge is 0.317 e. The first-order valence-corrected chi connectivity index (χ1v) is 5.51. The van der Waals surface area contributed by atoms with E-state index in [1.165, 1.54) is 19.2 Å². The van der Waals surface area contributed by atoms with Crippen molar-refractivity contribution in [2.45, 2.75) is 0 Å². The predicted molar refractivity (Wildman–Crippen MR) is 54.8 cm³/mol. The number of hydrogen-bond acceptors (Lipinski definition) is 4. The van der Waals surface area contributed by atoms with E-state index < -0.39 is 16.1 Å². The third-order valence-corrected chi connectivity index (χ3v) is 2.94. The number of hydrazine groups is 1. The molecule has 0 aliphatic rings. The highest BCUT2D eigenvalue weighted by molar-refractivity contribution is 7.87. The lowest BCUT2D eigenvalue weighted by Gasteiger charge is -2.15. The van der Waals surface area contributed by atoms with Crippen LogP contribution in [-0.4, -0.2) is 25.8 Å². The van der Waals surface area contributed by atoms with Gasteiger partial charge in [0, 0.05) is 12.6 Å². The Morgan fingerprint density at radius 3 is 2.33 bits per heavy atom. The SMILES string of the molecule is CNS(=O)(=O)N(N)C(=O)c1ccccc1. The van der Waals surface area contributed by atoms with Crippen molar-refractivity contribution in [1.82, 2.24) is 9.14 Å². The maximum Gasteiger partial charge on any atom is 0.317 e.